The normalized spacial score (nSPS) is 13.6. The Morgan fingerprint density at radius 3 is 2.67 bits per heavy atom. The standard InChI is InChI=1S/C13H17F3O2/c1-2-18-7-6-12(17)9-10-4-3-5-11(8-10)13(14,15)16/h3-5,8,12,17H,2,6-7,9H2,1H3. The molecule has 1 aromatic carbocycles. The average molecular weight is 262 g/mol. The summed E-state index contributed by atoms with van der Waals surface area (Å²) in [4.78, 5) is 0. The van der Waals surface area contributed by atoms with Gasteiger partial charge in [0.15, 0.2) is 0 Å². The Morgan fingerprint density at radius 2 is 2.06 bits per heavy atom. The molecule has 0 heterocycles. The molecule has 0 fully saturated rings. The summed E-state index contributed by atoms with van der Waals surface area (Å²) in [6, 6.07) is 5.03. The van der Waals surface area contributed by atoms with Gasteiger partial charge in [-0.05, 0) is 31.4 Å². The van der Waals surface area contributed by atoms with Crippen molar-refractivity contribution in [2.75, 3.05) is 13.2 Å². The summed E-state index contributed by atoms with van der Waals surface area (Å²) >= 11 is 0. The quantitative estimate of drug-likeness (QED) is 0.798. The maximum absolute atomic E-state index is 12.5. The molecule has 0 spiro atoms. The van der Waals surface area contributed by atoms with Crippen LogP contribution in [0.2, 0.25) is 0 Å². The van der Waals surface area contributed by atoms with Gasteiger partial charge in [-0.2, -0.15) is 13.2 Å². The van der Waals surface area contributed by atoms with Crippen molar-refractivity contribution in [3.05, 3.63) is 35.4 Å². The van der Waals surface area contributed by atoms with E-state index >= 15 is 0 Å². The molecule has 0 aliphatic rings. The predicted octanol–water partition coefficient (Wildman–Crippen LogP) is 3.04. The molecular formula is C13H17F3O2. The van der Waals surface area contributed by atoms with Crippen molar-refractivity contribution in [1.29, 1.82) is 0 Å². The zero-order valence-corrected chi connectivity index (χ0v) is 10.2. The number of aliphatic hydroxyl groups is 1. The molecule has 0 saturated heterocycles. The first-order chi connectivity index (χ1) is 8.43. The summed E-state index contributed by atoms with van der Waals surface area (Å²) in [5, 5.41) is 9.66. The van der Waals surface area contributed by atoms with Gasteiger partial charge in [0, 0.05) is 13.2 Å². The number of ether oxygens (including phenoxy) is 1. The topological polar surface area (TPSA) is 29.5 Å². The van der Waals surface area contributed by atoms with Crippen LogP contribution in [0.25, 0.3) is 0 Å². The highest BCUT2D eigenvalue weighted by atomic mass is 19.4. The molecule has 0 amide bonds. The molecule has 0 saturated carbocycles. The maximum atomic E-state index is 12.5. The van der Waals surface area contributed by atoms with Crippen molar-refractivity contribution in [3.63, 3.8) is 0 Å². The van der Waals surface area contributed by atoms with Crippen LogP contribution in [-0.4, -0.2) is 24.4 Å². The molecule has 0 radical (unpaired) electrons. The highest BCUT2D eigenvalue weighted by Gasteiger charge is 2.30. The van der Waals surface area contributed by atoms with E-state index in [2.05, 4.69) is 0 Å². The second-order valence-corrected chi connectivity index (χ2v) is 4.04. The highest BCUT2D eigenvalue weighted by Crippen LogP contribution is 2.29. The van der Waals surface area contributed by atoms with E-state index in [4.69, 9.17) is 4.74 Å². The summed E-state index contributed by atoms with van der Waals surface area (Å²) in [5.74, 6) is 0. The first-order valence-corrected chi connectivity index (χ1v) is 5.85. The van der Waals surface area contributed by atoms with Gasteiger partial charge in [0.2, 0.25) is 0 Å². The molecule has 1 rings (SSSR count). The van der Waals surface area contributed by atoms with Crippen LogP contribution in [-0.2, 0) is 17.3 Å². The fourth-order valence-electron chi connectivity index (χ4n) is 1.61. The Balaban J connectivity index is 2.57. The first-order valence-electron chi connectivity index (χ1n) is 5.85. The Bertz CT molecular complexity index is 363. The predicted molar refractivity (Wildman–Crippen MR) is 62.3 cm³/mol. The number of aliphatic hydroxyl groups excluding tert-OH is 1. The number of benzene rings is 1. The van der Waals surface area contributed by atoms with Gasteiger partial charge >= 0.3 is 6.18 Å². The fourth-order valence-corrected chi connectivity index (χ4v) is 1.61. The van der Waals surface area contributed by atoms with E-state index in [1.165, 1.54) is 6.07 Å². The molecule has 1 unspecified atom stereocenters. The van der Waals surface area contributed by atoms with E-state index in [9.17, 15) is 18.3 Å². The van der Waals surface area contributed by atoms with Crippen molar-refractivity contribution in [2.45, 2.75) is 32.0 Å². The minimum atomic E-state index is -4.34. The Hall–Kier alpha value is -1.07. The lowest BCUT2D eigenvalue weighted by molar-refractivity contribution is -0.137. The van der Waals surface area contributed by atoms with E-state index in [1.807, 2.05) is 6.92 Å². The van der Waals surface area contributed by atoms with E-state index in [1.54, 1.807) is 6.07 Å². The monoisotopic (exact) mass is 262 g/mol. The second-order valence-electron chi connectivity index (χ2n) is 4.04. The largest absolute Gasteiger partial charge is 0.416 e. The lowest BCUT2D eigenvalue weighted by Crippen LogP contribution is -2.14. The van der Waals surface area contributed by atoms with Crippen molar-refractivity contribution in [3.8, 4) is 0 Å². The van der Waals surface area contributed by atoms with Crippen LogP contribution in [0.3, 0.4) is 0 Å². The van der Waals surface area contributed by atoms with E-state index in [0.717, 1.165) is 12.1 Å². The number of alkyl halides is 3. The van der Waals surface area contributed by atoms with E-state index in [-0.39, 0.29) is 6.42 Å². The molecule has 0 aromatic heterocycles. The molecule has 1 aromatic rings. The molecule has 102 valence electrons. The van der Waals surface area contributed by atoms with Gasteiger partial charge < -0.3 is 9.84 Å². The second kappa shape index (κ2) is 6.75. The van der Waals surface area contributed by atoms with Gasteiger partial charge in [0.25, 0.3) is 0 Å². The zero-order valence-electron chi connectivity index (χ0n) is 10.2. The third kappa shape index (κ3) is 5.06. The van der Waals surface area contributed by atoms with Gasteiger partial charge in [0.1, 0.15) is 0 Å². The summed E-state index contributed by atoms with van der Waals surface area (Å²) in [6.45, 7) is 2.83. The minimum absolute atomic E-state index is 0.205. The molecule has 1 atom stereocenters. The van der Waals surface area contributed by atoms with Crippen molar-refractivity contribution < 1.29 is 23.0 Å². The van der Waals surface area contributed by atoms with E-state index in [0.29, 0.717) is 25.2 Å². The SMILES string of the molecule is CCOCCC(O)Cc1cccc(C(F)(F)F)c1. The maximum Gasteiger partial charge on any atom is 0.416 e. The summed E-state index contributed by atoms with van der Waals surface area (Å²) in [6.07, 6.45) is -4.40. The molecule has 0 aliphatic heterocycles. The Labute approximate surface area is 104 Å². The van der Waals surface area contributed by atoms with E-state index < -0.39 is 17.8 Å². The van der Waals surface area contributed by atoms with Crippen molar-refractivity contribution in [1.82, 2.24) is 0 Å². The summed E-state index contributed by atoms with van der Waals surface area (Å²) in [5.41, 5.74) is -0.203. The average Bonchev–Trinajstić information content (AvgIpc) is 2.28. The van der Waals surface area contributed by atoms with Gasteiger partial charge in [-0.15, -0.1) is 0 Å². The zero-order chi connectivity index (χ0) is 13.6. The number of hydrogen-bond acceptors (Lipinski definition) is 2. The van der Waals surface area contributed by atoms with Crippen molar-refractivity contribution in [2.24, 2.45) is 0 Å². The third-order valence-corrected chi connectivity index (χ3v) is 2.53. The van der Waals surface area contributed by atoms with Crippen LogP contribution in [0.1, 0.15) is 24.5 Å². The third-order valence-electron chi connectivity index (χ3n) is 2.53. The molecule has 0 bridgehead atoms. The molecular weight excluding hydrogens is 245 g/mol. The van der Waals surface area contributed by atoms with Gasteiger partial charge in [-0.3, -0.25) is 0 Å². The van der Waals surface area contributed by atoms with Gasteiger partial charge in [0.05, 0.1) is 11.7 Å². The minimum Gasteiger partial charge on any atom is -0.393 e. The fraction of sp³-hybridized carbons (Fsp3) is 0.538. The number of rotatable bonds is 6. The highest BCUT2D eigenvalue weighted by molar-refractivity contribution is 5.26. The first kappa shape index (κ1) is 15.0. The van der Waals surface area contributed by atoms with Crippen LogP contribution in [0.15, 0.2) is 24.3 Å². The van der Waals surface area contributed by atoms with Crippen LogP contribution in [0.5, 0.6) is 0 Å². The lowest BCUT2D eigenvalue weighted by atomic mass is 10.0. The smallest absolute Gasteiger partial charge is 0.393 e. The van der Waals surface area contributed by atoms with Gasteiger partial charge in [-0.25, -0.2) is 0 Å². The molecule has 1 N–H and O–H groups in total. The summed E-state index contributed by atoms with van der Waals surface area (Å²) in [7, 11) is 0. The lowest BCUT2D eigenvalue weighted by Gasteiger charge is -2.12. The molecule has 2 nitrogen and oxygen atoms in total. The number of halogens is 3. The molecule has 5 heteroatoms. The van der Waals surface area contributed by atoms with Crippen LogP contribution in [0.4, 0.5) is 13.2 Å². The molecule has 18 heavy (non-hydrogen) atoms. The Kier molecular flexibility index (Phi) is 5.62. The number of hydrogen-bond donors (Lipinski definition) is 1. The van der Waals surface area contributed by atoms with Crippen molar-refractivity contribution >= 4 is 0 Å². The van der Waals surface area contributed by atoms with Crippen LogP contribution < -0.4 is 0 Å². The Morgan fingerprint density at radius 1 is 1.33 bits per heavy atom. The summed E-state index contributed by atoms with van der Waals surface area (Å²) < 4.78 is 42.5. The molecule has 0 aliphatic carbocycles. The van der Waals surface area contributed by atoms with Crippen LogP contribution >= 0.6 is 0 Å². The van der Waals surface area contributed by atoms with Gasteiger partial charge in [-0.1, -0.05) is 18.2 Å². The van der Waals surface area contributed by atoms with Crippen LogP contribution in [0, 0.1) is 0 Å².